The number of hydrogen-bond donors (Lipinski definition) is 2. The first-order valence-electron chi connectivity index (χ1n) is 10.2. The lowest BCUT2D eigenvalue weighted by Gasteiger charge is -2.36. The van der Waals surface area contributed by atoms with Gasteiger partial charge in [0.2, 0.25) is 3.79 Å². The van der Waals surface area contributed by atoms with Gasteiger partial charge in [-0.15, -0.1) is 0 Å². The third-order valence-corrected chi connectivity index (χ3v) is 5.41. The molecule has 39 heavy (non-hydrogen) atoms. The highest BCUT2D eigenvalue weighted by molar-refractivity contribution is 6.67. The third kappa shape index (κ3) is 7.14. The molecule has 0 fully saturated rings. The van der Waals surface area contributed by atoms with Crippen LogP contribution in [0, 0.1) is 13.8 Å². The molecule has 0 radical (unpaired) electrons. The average Bonchev–Trinajstić information content (AvgIpc) is 2.77. The molecule has 1 atom stereocenters. The third-order valence-electron chi connectivity index (χ3n) is 5.09. The van der Waals surface area contributed by atoms with E-state index in [0.717, 1.165) is 19.9 Å². The second-order valence-corrected chi connectivity index (χ2v) is 10.6. The Hall–Kier alpha value is -2.58. The van der Waals surface area contributed by atoms with E-state index in [4.69, 9.17) is 34.8 Å². The van der Waals surface area contributed by atoms with E-state index in [2.05, 4.69) is 15.4 Å². The van der Waals surface area contributed by atoms with E-state index in [1.54, 1.807) is 0 Å². The Labute approximate surface area is 229 Å². The molecule has 0 saturated heterocycles. The Morgan fingerprint density at radius 2 is 1.36 bits per heavy atom. The Morgan fingerprint density at radius 3 is 1.82 bits per heavy atom. The molecular weight excluding hydrogens is 618 g/mol. The molecule has 0 aromatic heterocycles. The number of carbonyl (C=O) groups is 2. The van der Waals surface area contributed by atoms with Crippen molar-refractivity contribution in [1.29, 1.82) is 0 Å². The molecule has 2 aromatic rings. The van der Waals surface area contributed by atoms with Crippen molar-refractivity contribution in [3.63, 3.8) is 0 Å². The summed E-state index contributed by atoms with van der Waals surface area (Å²) in [6.45, 7) is 1.32. The number of nitrogens with one attached hydrogen (secondary N) is 2. The first-order chi connectivity index (χ1) is 17.5. The number of carbonyl (C=O) groups excluding carboxylic acids is 2. The average molecular weight is 634 g/mol. The van der Waals surface area contributed by atoms with Gasteiger partial charge in [0.1, 0.15) is 6.61 Å². The van der Waals surface area contributed by atoms with Gasteiger partial charge < -0.3 is 10.1 Å². The van der Waals surface area contributed by atoms with Crippen molar-refractivity contribution in [1.82, 2.24) is 0 Å². The van der Waals surface area contributed by atoms with Gasteiger partial charge in [0.05, 0.1) is 0 Å². The van der Waals surface area contributed by atoms with E-state index in [9.17, 15) is 49.1 Å². The van der Waals surface area contributed by atoms with Crippen LogP contribution in [0.5, 0.6) is 0 Å². The molecule has 0 bridgehead atoms. The molecule has 17 heteroatoms. The molecule has 1 unspecified atom stereocenters. The lowest BCUT2D eigenvalue weighted by molar-refractivity contribution is -0.389. The van der Waals surface area contributed by atoms with Crippen LogP contribution in [0.4, 0.5) is 55.7 Å². The van der Waals surface area contributed by atoms with Crippen LogP contribution in [0.25, 0.3) is 0 Å². The molecule has 0 saturated carbocycles. The summed E-state index contributed by atoms with van der Waals surface area (Å²) in [6.07, 6.45) is -14.6. The summed E-state index contributed by atoms with van der Waals surface area (Å²) in [6, 6.07) is 5.28. The number of aryl methyl sites for hydroxylation is 2. The van der Waals surface area contributed by atoms with Crippen molar-refractivity contribution in [3.8, 4) is 0 Å². The first kappa shape index (κ1) is 32.6. The molecule has 2 aromatic carbocycles. The number of anilines is 2. The van der Waals surface area contributed by atoms with Gasteiger partial charge in [-0.3, -0.25) is 10.1 Å². The maximum Gasteiger partial charge on any atom is 0.457 e. The standard InChI is InChI=1S/C22H16Cl3F9N2O3/c1-10-6-13(19(26,21(29,30)31)20(27,28)22(32,33)34)7-11(2)15(10)36-16(37)12-4-3-5-14(8-12)35-17(38)39-9-18(23,24)25/h3-8H,9H2,1-2H3,(H,35,38)(H,36,37). The highest BCUT2D eigenvalue weighted by atomic mass is 35.6. The Balaban J connectivity index is 2.37. The van der Waals surface area contributed by atoms with Gasteiger partial charge in [-0.25, -0.2) is 9.18 Å². The smallest absolute Gasteiger partial charge is 0.445 e. The molecule has 216 valence electrons. The molecular formula is C22H16Cl3F9N2O3. The zero-order valence-electron chi connectivity index (χ0n) is 19.4. The van der Waals surface area contributed by atoms with Crippen LogP contribution in [0.1, 0.15) is 27.0 Å². The molecule has 5 nitrogen and oxygen atoms in total. The van der Waals surface area contributed by atoms with Crippen LogP contribution in [-0.2, 0) is 10.4 Å². The summed E-state index contributed by atoms with van der Waals surface area (Å²) < 4.78 is 124. The quantitative estimate of drug-likeness (QED) is 0.248. The minimum atomic E-state index is -6.88. The molecule has 2 amide bonds. The fourth-order valence-corrected chi connectivity index (χ4v) is 3.47. The lowest BCUT2D eigenvalue weighted by atomic mass is 9.85. The van der Waals surface area contributed by atoms with Crippen molar-refractivity contribution in [2.45, 2.75) is 41.6 Å². The van der Waals surface area contributed by atoms with E-state index in [1.165, 1.54) is 18.2 Å². The highest BCUT2D eigenvalue weighted by Gasteiger charge is 2.81. The Bertz CT molecular complexity index is 1220. The minimum Gasteiger partial charge on any atom is -0.445 e. The van der Waals surface area contributed by atoms with E-state index in [-0.39, 0.29) is 29.1 Å². The number of hydrogen-bond acceptors (Lipinski definition) is 3. The molecule has 0 aliphatic carbocycles. The maximum atomic E-state index is 14.8. The van der Waals surface area contributed by atoms with Gasteiger partial charge in [0, 0.05) is 22.5 Å². The summed E-state index contributed by atoms with van der Waals surface area (Å²) in [5.74, 6) is -7.77. The van der Waals surface area contributed by atoms with Gasteiger partial charge in [0.25, 0.3) is 5.91 Å². The minimum absolute atomic E-state index is 0.0162. The number of rotatable bonds is 6. The molecule has 0 heterocycles. The zero-order valence-corrected chi connectivity index (χ0v) is 21.7. The van der Waals surface area contributed by atoms with Gasteiger partial charge in [-0.2, -0.15) is 35.1 Å². The second kappa shape index (κ2) is 11.1. The summed E-state index contributed by atoms with van der Waals surface area (Å²) in [5.41, 5.74) is -9.45. The fourth-order valence-electron chi connectivity index (χ4n) is 3.30. The SMILES string of the molecule is Cc1cc(C(F)(C(F)(F)F)C(F)(F)C(F)(F)F)cc(C)c1NC(=O)c1cccc(NC(=O)OCC(Cl)(Cl)Cl)c1. The van der Waals surface area contributed by atoms with E-state index in [0.29, 0.717) is 0 Å². The topological polar surface area (TPSA) is 67.4 Å². The van der Waals surface area contributed by atoms with Crippen molar-refractivity contribution in [2.75, 3.05) is 17.2 Å². The lowest BCUT2D eigenvalue weighted by Crippen LogP contribution is -2.59. The number of halogens is 12. The number of ether oxygens (including phenoxy) is 1. The molecule has 0 aliphatic rings. The predicted octanol–water partition coefficient (Wildman–Crippen LogP) is 8.40. The molecule has 2 N–H and O–H groups in total. The van der Waals surface area contributed by atoms with Crippen molar-refractivity contribution in [3.05, 3.63) is 58.7 Å². The summed E-state index contributed by atoms with van der Waals surface area (Å²) >= 11 is 16.4. The predicted molar refractivity (Wildman–Crippen MR) is 125 cm³/mol. The summed E-state index contributed by atoms with van der Waals surface area (Å²) in [4.78, 5) is 24.5. The monoisotopic (exact) mass is 632 g/mol. The largest absolute Gasteiger partial charge is 0.457 e. The molecule has 0 aliphatic heterocycles. The highest BCUT2D eigenvalue weighted by Crippen LogP contribution is 2.58. The fraction of sp³-hybridized carbons (Fsp3) is 0.364. The molecule has 2 rings (SSSR count). The van der Waals surface area contributed by atoms with Crippen molar-refractivity contribution >= 4 is 58.2 Å². The van der Waals surface area contributed by atoms with Gasteiger partial charge in [-0.05, 0) is 43.2 Å². The van der Waals surface area contributed by atoms with Gasteiger partial charge in [0.15, 0.2) is 0 Å². The van der Waals surface area contributed by atoms with Gasteiger partial charge >= 0.3 is 30.0 Å². The summed E-state index contributed by atoms with van der Waals surface area (Å²) in [5, 5.41) is 4.49. The van der Waals surface area contributed by atoms with Gasteiger partial charge in [-0.1, -0.05) is 53.0 Å². The van der Waals surface area contributed by atoms with Crippen molar-refractivity contribution < 1.29 is 53.8 Å². The zero-order chi connectivity index (χ0) is 30.2. The van der Waals surface area contributed by atoms with E-state index < -0.39 is 63.0 Å². The molecule has 0 spiro atoms. The van der Waals surface area contributed by atoms with Crippen LogP contribution >= 0.6 is 34.8 Å². The van der Waals surface area contributed by atoms with E-state index in [1.807, 2.05) is 0 Å². The number of alkyl halides is 12. The van der Waals surface area contributed by atoms with Crippen LogP contribution < -0.4 is 10.6 Å². The normalized spacial score (nSPS) is 14.4. The Kier molecular flexibility index (Phi) is 9.31. The van der Waals surface area contributed by atoms with Crippen LogP contribution in [0.15, 0.2) is 36.4 Å². The second-order valence-electron chi connectivity index (χ2n) is 8.06. The Morgan fingerprint density at radius 1 is 0.821 bits per heavy atom. The van der Waals surface area contributed by atoms with E-state index >= 15 is 0 Å². The number of benzene rings is 2. The van der Waals surface area contributed by atoms with Crippen LogP contribution in [-0.4, -0.2) is 40.7 Å². The first-order valence-corrected chi connectivity index (χ1v) is 11.4. The number of amides is 2. The van der Waals surface area contributed by atoms with Crippen LogP contribution in [0.2, 0.25) is 0 Å². The maximum absolute atomic E-state index is 14.8. The van der Waals surface area contributed by atoms with Crippen molar-refractivity contribution in [2.24, 2.45) is 0 Å². The summed E-state index contributed by atoms with van der Waals surface area (Å²) in [7, 11) is 0. The van der Waals surface area contributed by atoms with Crippen LogP contribution in [0.3, 0.4) is 0 Å².